The summed E-state index contributed by atoms with van der Waals surface area (Å²) in [6.07, 6.45) is 0. The summed E-state index contributed by atoms with van der Waals surface area (Å²) in [4.78, 5) is 7.08. The van der Waals surface area contributed by atoms with Gasteiger partial charge in [0, 0.05) is 18.3 Å². The summed E-state index contributed by atoms with van der Waals surface area (Å²) < 4.78 is 1.17. The predicted octanol–water partition coefficient (Wildman–Crippen LogP) is 3.75. The normalized spacial score (nSPS) is 11.7. The van der Waals surface area contributed by atoms with E-state index in [-0.39, 0.29) is 0 Å². The van der Waals surface area contributed by atoms with Crippen LogP contribution in [-0.2, 0) is 0 Å². The van der Waals surface area contributed by atoms with Crippen LogP contribution in [0.4, 0.5) is 10.8 Å². The van der Waals surface area contributed by atoms with Gasteiger partial charge in [-0.3, -0.25) is 0 Å². The molecular weight excluding hydrogens is 242 g/mol. The van der Waals surface area contributed by atoms with Crippen LogP contribution in [0.5, 0.6) is 0 Å². The van der Waals surface area contributed by atoms with Crippen molar-refractivity contribution in [2.75, 3.05) is 17.2 Å². The quantitative estimate of drug-likeness (QED) is 0.854. The zero-order chi connectivity index (χ0) is 13.3. The van der Waals surface area contributed by atoms with E-state index in [9.17, 15) is 0 Å². The van der Waals surface area contributed by atoms with E-state index in [2.05, 4.69) is 32.6 Å². The number of fused-ring (bicyclic) bond motifs is 1. The molecule has 3 nitrogen and oxygen atoms in total. The molecule has 0 saturated carbocycles. The highest BCUT2D eigenvalue weighted by atomic mass is 32.1. The maximum absolute atomic E-state index is 5.82. The highest BCUT2D eigenvalue weighted by Gasteiger charge is 2.16. The minimum atomic E-state index is 0.463. The summed E-state index contributed by atoms with van der Waals surface area (Å²) >= 11 is 1.72. The SMILES string of the molecule is CC(C)CN(c1nc2ccc(N)cc2s1)C(C)C. The van der Waals surface area contributed by atoms with Gasteiger partial charge in [-0.2, -0.15) is 0 Å². The van der Waals surface area contributed by atoms with Crippen LogP contribution >= 0.6 is 11.3 Å². The zero-order valence-corrected chi connectivity index (χ0v) is 12.3. The fourth-order valence-electron chi connectivity index (χ4n) is 1.96. The molecule has 1 aromatic carbocycles. The molecule has 0 aliphatic rings. The van der Waals surface area contributed by atoms with Gasteiger partial charge in [0.25, 0.3) is 0 Å². The van der Waals surface area contributed by atoms with Crippen molar-refractivity contribution in [2.24, 2.45) is 5.92 Å². The van der Waals surface area contributed by atoms with Crippen molar-refractivity contribution in [1.29, 1.82) is 0 Å². The number of hydrogen-bond acceptors (Lipinski definition) is 4. The van der Waals surface area contributed by atoms with E-state index in [0.29, 0.717) is 12.0 Å². The molecule has 0 amide bonds. The lowest BCUT2D eigenvalue weighted by atomic mass is 10.2. The van der Waals surface area contributed by atoms with Crippen LogP contribution in [0.25, 0.3) is 10.2 Å². The first-order valence-electron chi connectivity index (χ1n) is 6.40. The van der Waals surface area contributed by atoms with Gasteiger partial charge in [-0.25, -0.2) is 4.98 Å². The number of nitrogens with two attached hydrogens (primary N) is 1. The molecule has 0 aliphatic carbocycles. The van der Waals surface area contributed by atoms with Gasteiger partial charge in [0.2, 0.25) is 0 Å². The second-order valence-corrected chi connectivity index (χ2v) is 6.37. The van der Waals surface area contributed by atoms with E-state index in [1.54, 1.807) is 11.3 Å². The van der Waals surface area contributed by atoms with Gasteiger partial charge in [0.15, 0.2) is 5.13 Å². The summed E-state index contributed by atoms with van der Waals surface area (Å²) in [5.41, 5.74) is 7.66. The van der Waals surface area contributed by atoms with Crippen LogP contribution < -0.4 is 10.6 Å². The van der Waals surface area contributed by atoms with E-state index in [1.165, 1.54) is 4.70 Å². The van der Waals surface area contributed by atoms with Crippen molar-refractivity contribution >= 4 is 32.4 Å². The third kappa shape index (κ3) is 2.75. The molecule has 1 heterocycles. The van der Waals surface area contributed by atoms with Gasteiger partial charge >= 0.3 is 0 Å². The molecule has 18 heavy (non-hydrogen) atoms. The van der Waals surface area contributed by atoms with Crippen LogP contribution in [0.1, 0.15) is 27.7 Å². The Morgan fingerprint density at radius 1 is 1.28 bits per heavy atom. The van der Waals surface area contributed by atoms with Crippen LogP contribution in [0.15, 0.2) is 18.2 Å². The first-order valence-corrected chi connectivity index (χ1v) is 7.21. The number of anilines is 2. The molecule has 0 aliphatic heterocycles. The van der Waals surface area contributed by atoms with Crippen molar-refractivity contribution < 1.29 is 0 Å². The molecule has 2 aromatic rings. The second-order valence-electron chi connectivity index (χ2n) is 5.36. The fraction of sp³-hybridized carbons (Fsp3) is 0.500. The lowest BCUT2D eigenvalue weighted by Gasteiger charge is -2.27. The number of nitrogen functional groups attached to an aromatic ring is 1. The highest BCUT2D eigenvalue weighted by molar-refractivity contribution is 7.22. The Hall–Kier alpha value is -1.29. The Labute approximate surface area is 113 Å². The topological polar surface area (TPSA) is 42.2 Å². The summed E-state index contributed by atoms with van der Waals surface area (Å²) in [5.74, 6) is 0.629. The van der Waals surface area contributed by atoms with Gasteiger partial charge in [0.1, 0.15) is 0 Å². The minimum Gasteiger partial charge on any atom is -0.399 e. The second kappa shape index (κ2) is 5.14. The van der Waals surface area contributed by atoms with E-state index in [4.69, 9.17) is 10.7 Å². The maximum Gasteiger partial charge on any atom is 0.186 e. The Bertz CT molecular complexity index is 531. The summed E-state index contributed by atoms with van der Waals surface area (Å²) in [5, 5.41) is 1.10. The van der Waals surface area contributed by atoms with Gasteiger partial charge in [-0.1, -0.05) is 25.2 Å². The smallest absolute Gasteiger partial charge is 0.186 e. The molecule has 0 fully saturated rings. The van der Waals surface area contributed by atoms with Gasteiger partial charge < -0.3 is 10.6 Å². The molecule has 0 atom stereocenters. The van der Waals surface area contributed by atoms with Gasteiger partial charge in [0.05, 0.1) is 10.2 Å². The van der Waals surface area contributed by atoms with Crippen LogP contribution in [0.2, 0.25) is 0 Å². The largest absolute Gasteiger partial charge is 0.399 e. The predicted molar refractivity (Wildman–Crippen MR) is 81.4 cm³/mol. The summed E-state index contributed by atoms with van der Waals surface area (Å²) in [6, 6.07) is 6.38. The van der Waals surface area contributed by atoms with E-state index >= 15 is 0 Å². The number of aromatic nitrogens is 1. The zero-order valence-electron chi connectivity index (χ0n) is 11.5. The maximum atomic E-state index is 5.82. The van der Waals surface area contributed by atoms with Crippen molar-refractivity contribution in [2.45, 2.75) is 33.7 Å². The summed E-state index contributed by atoms with van der Waals surface area (Å²) in [6.45, 7) is 9.93. The van der Waals surface area contributed by atoms with Crippen molar-refractivity contribution in [3.63, 3.8) is 0 Å². The van der Waals surface area contributed by atoms with E-state index in [1.807, 2.05) is 18.2 Å². The fourth-order valence-corrected chi connectivity index (χ4v) is 3.11. The van der Waals surface area contributed by atoms with Gasteiger partial charge in [-0.05, 0) is 38.0 Å². The highest BCUT2D eigenvalue weighted by Crippen LogP contribution is 2.31. The Kier molecular flexibility index (Phi) is 3.76. The molecule has 0 bridgehead atoms. The Morgan fingerprint density at radius 3 is 2.61 bits per heavy atom. The number of hydrogen-bond donors (Lipinski definition) is 1. The van der Waals surface area contributed by atoms with Crippen molar-refractivity contribution in [3.8, 4) is 0 Å². The molecule has 1 aromatic heterocycles. The minimum absolute atomic E-state index is 0.463. The number of thiazole rings is 1. The standard InChI is InChI=1S/C14H21N3S/c1-9(2)8-17(10(3)4)14-16-12-6-5-11(15)7-13(12)18-14/h5-7,9-10H,8,15H2,1-4H3. The van der Waals surface area contributed by atoms with E-state index in [0.717, 1.165) is 22.9 Å². The number of nitrogens with zero attached hydrogens (tertiary/aromatic N) is 2. The number of benzene rings is 1. The van der Waals surface area contributed by atoms with Crippen LogP contribution in [0, 0.1) is 5.92 Å². The molecule has 4 heteroatoms. The molecule has 0 unspecified atom stereocenters. The van der Waals surface area contributed by atoms with Crippen molar-refractivity contribution in [3.05, 3.63) is 18.2 Å². The molecule has 0 radical (unpaired) electrons. The Balaban J connectivity index is 2.38. The third-order valence-corrected chi connectivity index (χ3v) is 3.89. The number of rotatable bonds is 4. The average Bonchev–Trinajstić information content (AvgIpc) is 2.67. The third-order valence-electron chi connectivity index (χ3n) is 2.83. The van der Waals surface area contributed by atoms with Crippen molar-refractivity contribution in [1.82, 2.24) is 4.98 Å². The van der Waals surface area contributed by atoms with Crippen LogP contribution in [-0.4, -0.2) is 17.6 Å². The van der Waals surface area contributed by atoms with Gasteiger partial charge in [-0.15, -0.1) is 0 Å². The monoisotopic (exact) mass is 263 g/mol. The first kappa shape index (κ1) is 13.1. The Morgan fingerprint density at radius 2 is 2.00 bits per heavy atom. The summed E-state index contributed by atoms with van der Waals surface area (Å²) in [7, 11) is 0. The average molecular weight is 263 g/mol. The lowest BCUT2D eigenvalue weighted by molar-refractivity contribution is 0.570. The molecular formula is C14H21N3S. The molecule has 2 N–H and O–H groups in total. The molecule has 0 saturated heterocycles. The molecule has 0 spiro atoms. The molecule has 98 valence electrons. The lowest BCUT2D eigenvalue weighted by Crippen LogP contribution is -2.33. The van der Waals surface area contributed by atoms with Crippen LogP contribution in [0.3, 0.4) is 0 Å². The van der Waals surface area contributed by atoms with E-state index < -0.39 is 0 Å². The first-order chi connectivity index (χ1) is 8.47. The molecule has 2 rings (SSSR count).